The molecule has 42 heavy (non-hydrogen) atoms. The second-order valence-corrected chi connectivity index (χ2v) is 16.0. The normalized spacial score (nSPS) is 41.6. The number of nitrogens with one attached hydrogen (secondary N) is 1. The molecular weight excluding hydrogens is 526 g/mol. The summed E-state index contributed by atoms with van der Waals surface area (Å²) < 4.78 is 1.93. The average molecular weight is 572 g/mol. The first-order chi connectivity index (χ1) is 19.5. The minimum absolute atomic E-state index is 0.0323. The lowest BCUT2D eigenvalue weighted by molar-refractivity contribution is -0.169. The SMILES string of the molecule is [C-]#[N+]C1=C[C@]2(C)C3=CC(=O)[C@@H]4[C@@H]5CC(C)(C)CC[C@]5(n5cc(C(=O)NC)nn5)CC[C@@]4(C)[C@]3(C)CC[C@H]2C(C)(C)C1=O. The molecular formula is C34H45N5O3. The molecule has 0 aromatic carbocycles. The number of carbonyl (C=O) groups is 3. The van der Waals surface area contributed by atoms with Crippen molar-refractivity contribution in [3.8, 4) is 0 Å². The van der Waals surface area contributed by atoms with Crippen LogP contribution in [0.2, 0.25) is 0 Å². The van der Waals surface area contributed by atoms with Crippen LogP contribution in [0.25, 0.3) is 4.85 Å². The summed E-state index contributed by atoms with van der Waals surface area (Å²) in [6.07, 6.45) is 11.9. The van der Waals surface area contributed by atoms with E-state index >= 15 is 0 Å². The van der Waals surface area contributed by atoms with E-state index in [-0.39, 0.29) is 62.7 Å². The summed E-state index contributed by atoms with van der Waals surface area (Å²) in [6, 6.07) is 0. The molecule has 3 saturated carbocycles. The van der Waals surface area contributed by atoms with Gasteiger partial charge < -0.3 is 10.1 Å². The average Bonchev–Trinajstić information content (AvgIpc) is 3.42. The fourth-order valence-corrected chi connectivity index (χ4v) is 10.7. The Bertz CT molecular complexity index is 1510. The zero-order valence-electron chi connectivity index (χ0n) is 26.4. The lowest BCUT2D eigenvalue weighted by atomic mass is 9.35. The summed E-state index contributed by atoms with van der Waals surface area (Å²) in [5.41, 5.74) is -0.456. The van der Waals surface area contributed by atoms with Crippen molar-refractivity contribution >= 4 is 17.5 Å². The molecule has 224 valence electrons. The Morgan fingerprint density at radius 3 is 2.40 bits per heavy atom. The van der Waals surface area contributed by atoms with Crippen molar-refractivity contribution in [1.29, 1.82) is 0 Å². The quantitative estimate of drug-likeness (QED) is 0.445. The van der Waals surface area contributed by atoms with Gasteiger partial charge in [-0.3, -0.25) is 9.59 Å². The molecule has 3 fully saturated rings. The molecule has 1 heterocycles. The molecule has 0 aliphatic heterocycles. The number of hydrogen-bond acceptors (Lipinski definition) is 5. The lowest BCUT2D eigenvalue weighted by Crippen LogP contribution is -2.66. The maximum absolute atomic E-state index is 14.7. The maximum Gasteiger partial charge on any atom is 0.273 e. The number of amides is 1. The third-order valence-electron chi connectivity index (χ3n) is 13.2. The van der Waals surface area contributed by atoms with Crippen LogP contribution in [0.1, 0.15) is 104 Å². The third-order valence-corrected chi connectivity index (χ3v) is 13.2. The van der Waals surface area contributed by atoms with E-state index in [2.05, 4.69) is 55.1 Å². The summed E-state index contributed by atoms with van der Waals surface area (Å²) >= 11 is 0. The Morgan fingerprint density at radius 1 is 1.05 bits per heavy atom. The van der Waals surface area contributed by atoms with Gasteiger partial charge in [-0.05, 0) is 79.1 Å². The molecule has 0 saturated heterocycles. The van der Waals surface area contributed by atoms with Gasteiger partial charge in [-0.2, -0.15) is 0 Å². The molecule has 0 radical (unpaired) electrons. The Hall–Kier alpha value is -3.08. The van der Waals surface area contributed by atoms with Gasteiger partial charge >= 0.3 is 0 Å². The minimum Gasteiger partial charge on any atom is -0.354 e. The molecule has 0 spiro atoms. The van der Waals surface area contributed by atoms with Crippen molar-refractivity contribution in [3.05, 3.63) is 46.7 Å². The Balaban J connectivity index is 1.52. The predicted octanol–water partition coefficient (Wildman–Crippen LogP) is 5.92. The van der Waals surface area contributed by atoms with E-state index in [4.69, 9.17) is 6.57 Å². The summed E-state index contributed by atoms with van der Waals surface area (Å²) in [6.45, 7) is 23.2. The Labute approximate surface area is 249 Å². The highest BCUT2D eigenvalue weighted by Gasteiger charge is 2.70. The van der Waals surface area contributed by atoms with Crippen LogP contribution in [-0.2, 0) is 15.1 Å². The Morgan fingerprint density at radius 2 is 1.74 bits per heavy atom. The highest BCUT2D eigenvalue weighted by atomic mass is 16.2. The van der Waals surface area contributed by atoms with Crippen LogP contribution in [-0.4, -0.2) is 39.5 Å². The van der Waals surface area contributed by atoms with Crippen LogP contribution in [0.4, 0.5) is 0 Å². The number of ketones is 2. The fraction of sp³-hybridized carbons (Fsp3) is 0.706. The maximum atomic E-state index is 14.7. The van der Waals surface area contributed by atoms with Gasteiger partial charge in [0.15, 0.2) is 17.3 Å². The van der Waals surface area contributed by atoms with E-state index in [1.807, 2.05) is 30.7 Å². The largest absolute Gasteiger partial charge is 0.354 e. The van der Waals surface area contributed by atoms with Gasteiger partial charge in [0.1, 0.15) is 0 Å². The lowest BCUT2D eigenvalue weighted by Gasteiger charge is -2.69. The molecule has 8 nitrogen and oxygen atoms in total. The zero-order chi connectivity index (χ0) is 30.7. The number of carbonyl (C=O) groups excluding carboxylic acids is 3. The molecule has 1 aromatic heterocycles. The van der Waals surface area contributed by atoms with Crippen LogP contribution in [0.3, 0.4) is 0 Å². The number of hydrogen-bond donors (Lipinski definition) is 1. The van der Waals surface area contributed by atoms with Crippen molar-refractivity contribution in [2.24, 2.45) is 44.8 Å². The molecule has 5 aliphatic carbocycles. The number of allylic oxidation sites excluding steroid dienone is 4. The number of aromatic nitrogens is 3. The smallest absolute Gasteiger partial charge is 0.273 e. The van der Waals surface area contributed by atoms with Crippen molar-refractivity contribution in [2.45, 2.75) is 99.0 Å². The first kappa shape index (κ1) is 29.0. The van der Waals surface area contributed by atoms with E-state index in [0.29, 0.717) is 5.69 Å². The molecule has 1 N–H and O–H groups in total. The zero-order valence-corrected chi connectivity index (χ0v) is 26.4. The topological polar surface area (TPSA) is 98.3 Å². The molecule has 0 bridgehead atoms. The molecule has 1 aromatic rings. The number of nitrogens with zero attached hydrogens (tertiary/aromatic N) is 4. The number of Topliss-reactive ketones (excluding diaryl/α,β-unsaturated/α-hetero) is 1. The van der Waals surface area contributed by atoms with Crippen LogP contribution >= 0.6 is 0 Å². The fourth-order valence-electron chi connectivity index (χ4n) is 10.7. The van der Waals surface area contributed by atoms with Gasteiger partial charge in [-0.15, -0.1) is 5.10 Å². The van der Waals surface area contributed by atoms with Gasteiger partial charge in [0.05, 0.1) is 18.3 Å². The van der Waals surface area contributed by atoms with Crippen molar-refractivity contribution in [3.63, 3.8) is 0 Å². The molecule has 8 heteroatoms. The van der Waals surface area contributed by atoms with E-state index in [1.54, 1.807) is 13.2 Å². The Kier molecular flexibility index (Phi) is 6.03. The van der Waals surface area contributed by atoms with Crippen molar-refractivity contribution in [2.75, 3.05) is 7.05 Å². The van der Waals surface area contributed by atoms with Crippen molar-refractivity contribution < 1.29 is 14.4 Å². The monoisotopic (exact) mass is 571 g/mol. The van der Waals surface area contributed by atoms with E-state index < -0.39 is 10.8 Å². The van der Waals surface area contributed by atoms with E-state index in [9.17, 15) is 14.4 Å². The molecule has 7 atom stereocenters. The van der Waals surface area contributed by atoms with Gasteiger partial charge in [0, 0.05) is 23.8 Å². The first-order valence-corrected chi connectivity index (χ1v) is 15.6. The molecule has 5 aliphatic rings. The summed E-state index contributed by atoms with van der Waals surface area (Å²) in [5.74, 6) is -0.292. The first-order valence-electron chi connectivity index (χ1n) is 15.6. The van der Waals surface area contributed by atoms with Gasteiger partial charge in [-0.25, -0.2) is 9.53 Å². The highest BCUT2D eigenvalue weighted by molar-refractivity contribution is 6.03. The van der Waals surface area contributed by atoms with Crippen LogP contribution in [0, 0.1) is 51.4 Å². The second kappa shape index (κ2) is 8.74. The highest BCUT2D eigenvalue weighted by Crippen LogP contribution is 2.74. The summed E-state index contributed by atoms with van der Waals surface area (Å²) in [7, 11) is 1.60. The van der Waals surface area contributed by atoms with E-state index in [1.165, 1.54) is 0 Å². The number of fused-ring (bicyclic) bond motifs is 7. The number of rotatable bonds is 2. The predicted molar refractivity (Wildman–Crippen MR) is 159 cm³/mol. The molecule has 0 unspecified atom stereocenters. The second-order valence-electron chi connectivity index (χ2n) is 16.0. The molecule has 6 rings (SSSR count). The van der Waals surface area contributed by atoms with Gasteiger partial charge in [0.2, 0.25) is 5.70 Å². The molecule has 1 amide bonds. The van der Waals surface area contributed by atoms with Crippen LogP contribution in [0.15, 0.2) is 29.6 Å². The standard InChI is InChI=1S/C34H45N5O3/c1-29(2)12-14-34(39-19-22(37-38-39)28(42)36-9)15-13-33(7)26(20(34)17-29)23(40)16-25-31(5)18-21(35-8)27(41)30(3,4)24(31)10-11-32(25,33)6/h16,18-20,24,26H,10-15,17H2,1-7,9H3,(H,36,42)/t20-,24-,26-,31-,32+,33+,34-/m0/s1. The van der Waals surface area contributed by atoms with Crippen LogP contribution < -0.4 is 5.32 Å². The van der Waals surface area contributed by atoms with Crippen molar-refractivity contribution in [1.82, 2.24) is 20.3 Å². The summed E-state index contributed by atoms with van der Waals surface area (Å²) in [5, 5.41) is 11.4. The summed E-state index contributed by atoms with van der Waals surface area (Å²) in [4.78, 5) is 44.1. The van der Waals surface area contributed by atoms with Gasteiger partial charge in [-0.1, -0.05) is 65.3 Å². The third kappa shape index (κ3) is 3.48. The van der Waals surface area contributed by atoms with Gasteiger partial charge in [0.25, 0.3) is 5.91 Å². The minimum atomic E-state index is -0.670. The van der Waals surface area contributed by atoms with Crippen LogP contribution in [0.5, 0.6) is 0 Å². The van der Waals surface area contributed by atoms with E-state index in [0.717, 1.165) is 50.5 Å².